The van der Waals surface area contributed by atoms with E-state index in [2.05, 4.69) is 31.7 Å². The summed E-state index contributed by atoms with van der Waals surface area (Å²) in [5.41, 5.74) is 3.69. The van der Waals surface area contributed by atoms with Crippen molar-refractivity contribution in [2.24, 2.45) is 5.92 Å². The molecule has 0 saturated carbocycles. The monoisotopic (exact) mass is 676 g/mol. The average Bonchev–Trinajstić information content (AvgIpc) is 2.97. The largest absolute Gasteiger partial charge is 0.495 e. The summed E-state index contributed by atoms with van der Waals surface area (Å²) in [4.78, 5) is 14.4. The average molecular weight is 677 g/mol. The van der Waals surface area contributed by atoms with E-state index in [0.717, 1.165) is 45.2 Å². The number of nitrogens with zero attached hydrogens (tertiary/aromatic N) is 1. The Labute approximate surface area is 272 Å². The maximum Gasteiger partial charge on any atom is 0.283 e. The summed E-state index contributed by atoms with van der Waals surface area (Å²) < 4.78 is 66.8. The summed E-state index contributed by atoms with van der Waals surface area (Å²) >= 11 is 7.62. The quantitative estimate of drug-likeness (QED) is 0.210. The molecule has 1 aliphatic heterocycles. The molecule has 1 amide bonds. The maximum absolute atomic E-state index is 15.3. The second-order valence-corrected chi connectivity index (χ2v) is 14.2. The third-order valence-electron chi connectivity index (χ3n) is 7.85. The van der Waals surface area contributed by atoms with Crippen LogP contribution in [-0.2, 0) is 21.3 Å². The first-order chi connectivity index (χ1) is 21.0. The minimum Gasteiger partial charge on any atom is -0.495 e. The van der Waals surface area contributed by atoms with Crippen LogP contribution in [0.2, 0.25) is 5.02 Å². The van der Waals surface area contributed by atoms with E-state index < -0.39 is 44.5 Å². The molecule has 7 nitrogen and oxygen atoms in total. The van der Waals surface area contributed by atoms with Crippen LogP contribution in [0.1, 0.15) is 54.7 Å². The molecule has 3 aromatic carbocycles. The number of anilines is 1. The number of halogens is 3. The topological polar surface area (TPSA) is 95.9 Å². The lowest BCUT2D eigenvalue weighted by molar-refractivity contribution is 0.0958. The lowest BCUT2D eigenvalue weighted by atomic mass is 9.77. The maximum atomic E-state index is 15.3. The molecule has 1 atom stereocenters. The summed E-state index contributed by atoms with van der Waals surface area (Å²) in [5, 5.41) is 3.24. The highest BCUT2D eigenvalue weighted by Gasteiger charge is 2.37. The van der Waals surface area contributed by atoms with Gasteiger partial charge in [-0.3, -0.25) is 9.35 Å². The zero-order chi connectivity index (χ0) is 33.3. The second kappa shape index (κ2) is 13.5. The lowest BCUT2D eigenvalue weighted by Crippen LogP contribution is -2.37. The van der Waals surface area contributed by atoms with Crippen LogP contribution < -0.4 is 15.0 Å². The van der Waals surface area contributed by atoms with Gasteiger partial charge in [0, 0.05) is 33.7 Å². The van der Waals surface area contributed by atoms with E-state index in [1.54, 1.807) is 13.2 Å². The van der Waals surface area contributed by atoms with E-state index in [1.165, 1.54) is 11.8 Å². The van der Waals surface area contributed by atoms with Gasteiger partial charge in [-0.05, 0) is 67.3 Å². The SMILES string of the molecule is COc1cc(C(C)(C)C2=CC(C)C(C)=C(SCc3c(F)cc(C(=O)NCS(=O)(=O)O)cc3F)N2c2ccc(C)cc2)ccc1Cl. The fourth-order valence-electron chi connectivity index (χ4n) is 5.00. The van der Waals surface area contributed by atoms with E-state index in [-0.39, 0.29) is 17.2 Å². The summed E-state index contributed by atoms with van der Waals surface area (Å²) in [6.07, 6.45) is 2.20. The molecule has 1 heterocycles. The highest BCUT2D eigenvalue weighted by Crippen LogP contribution is 2.48. The van der Waals surface area contributed by atoms with Gasteiger partial charge in [-0.2, -0.15) is 8.42 Å². The minimum absolute atomic E-state index is 0.00115. The van der Waals surface area contributed by atoms with Crippen LogP contribution in [0.15, 0.2) is 77.0 Å². The Morgan fingerprint density at radius 1 is 1.09 bits per heavy atom. The van der Waals surface area contributed by atoms with Crippen molar-refractivity contribution in [2.45, 2.75) is 45.8 Å². The molecule has 0 radical (unpaired) electrons. The standard InChI is InChI=1S/C33H35ClF2N2O5S2/c1-19-7-10-24(11-8-19)38-30(33(4,5)23-9-12-26(34)29(16-23)43-6)13-20(2)21(3)32(38)44-17-25-27(35)14-22(15-28(25)36)31(39)37-18-45(40,41)42/h7-16,20H,17-18H2,1-6H3,(H,37,39)(H,40,41,42). The van der Waals surface area contributed by atoms with Crippen LogP contribution in [0, 0.1) is 24.5 Å². The molecular formula is C33H35ClF2N2O5S2. The van der Waals surface area contributed by atoms with Crippen molar-refractivity contribution >= 4 is 45.1 Å². The Kier molecular flexibility index (Phi) is 10.4. The van der Waals surface area contributed by atoms with E-state index in [0.29, 0.717) is 10.8 Å². The Hall–Kier alpha value is -3.38. The molecule has 4 rings (SSSR count). The third-order valence-corrected chi connectivity index (χ3v) is 9.88. The summed E-state index contributed by atoms with van der Waals surface area (Å²) in [5.74, 6) is -3.56. The molecule has 1 unspecified atom stereocenters. The van der Waals surface area contributed by atoms with Gasteiger partial charge in [0.25, 0.3) is 16.0 Å². The first-order valence-electron chi connectivity index (χ1n) is 14.0. The Balaban J connectivity index is 1.73. The number of methoxy groups -OCH3 is 1. The number of hydrogen-bond acceptors (Lipinski definition) is 6. The predicted molar refractivity (Wildman–Crippen MR) is 176 cm³/mol. The summed E-state index contributed by atoms with van der Waals surface area (Å²) in [6.45, 7) is 10.3. The number of allylic oxidation sites excluding steroid dienone is 3. The highest BCUT2D eigenvalue weighted by molar-refractivity contribution is 8.02. The molecule has 0 aliphatic carbocycles. The zero-order valence-corrected chi connectivity index (χ0v) is 28.1. The number of aryl methyl sites for hydroxylation is 1. The summed E-state index contributed by atoms with van der Waals surface area (Å²) in [7, 11) is -2.94. The number of ether oxygens (including phenoxy) is 1. The van der Waals surface area contributed by atoms with Gasteiger partial charge in [0.1, 0.15) is 23.3 Å². The van der Waals surface area contributed by atoms with Crippen LogP contribution in [0.4, 0.5) is 14.5 Å². The molecule has 45 heavy (non-hydrogen) atoms. The summed E-state index contributed by atoms with van der Waals surface area (Å²) in [6, 6.07) is 15.4. The predicted octanol–water partition coefficient (Wildman–Crippen LogP) is 7.99. The van der Waals surface area contributed by atoms with Gasteiger partial charge in [0.05, 0.1) is 17.2 Å². The van der Waals surface area contributed by atoms with Crippen molar-refractivity contribution in [3.63, 3.8) is 0 Å². The molecular weight excluding hydrogens is 642 g/mol. The first kappa shape index (κ1) is 34.5. The smallest absolute Gasteiger partial charge is 0.283 e. The zero-order valence-electron chi connectivity index (χ0n) is 25.7. The number of carbonyl (C=O) groups is 1. The van der Waals surface area contributed by atoms with Crippen molar-refractivity contribution < 1.29 is 31.3 Å². The van der Waals surface area contributed by atoms with Gasteiger partial charge >= 0.3 is 0 Å². The van der Waals surface area contributed by atoms with Gasteiger partial charge in [-0.25, -0.2) is 8.78 Å². The molecule has 1 aliphatic rings. The Morgan fingerprint density at radius 3 is 2.29 bits per heavy atom. The Morgan fingerprint density at radius 2 is 1.71 bits per heavy atom. The molecule has 0 saturated heterocycles. The van der Waals surface area contributed by atoms with Crippen LogP contribution >= 0.6 is 23.4 Å². The van der Waals surface area contributed by atoms with E-state index in [9.17, 15) is 13.2 Å². The number of benzene rings is 3. The van der Waals surface area contributed by atoms with Crippen molar-refractivity contribution in [3.05, 3.63) is 116 Å². The number of nitrogens with one attached hydrogen (secondary N) is 1. The number of thioether (sulfide) groups is 1. The molecule has 12 heteroatoms. The molecule has 0 aromatic heterocycles. The van der Waals surface area contributed by atoms with E-state index >= 15 is 8.78 Å². The first-order valence-corrected chi connectivity index (χ1v) is 17.0. The van der Waals surface area contributed by atoms with Crippen molar-refractivity contribution in [1.29, 1.82) is 0 Å². The van der Waals surface area contributed by atoms with Gasteiger partial charge in [-0.1, -0.05) is 62.2 Å². The molecule has 0 fully saturated rings. The van der Waals surface area contributed by atoms with Crippen LogP contribution in [0.5, 0.6) is 5.75 Å². The van der Waals surface area contributed by atoms with Gasteiger partial charge in [-0.15, -0.1) is 11.8 Å². The highest BCUT2D eigenvalue weighted by atomic mass is 35.5. The van der Waals surface area contributed by atoms with Gasteiger partial charge in [0.15, 0.2) is 0 Å². The lowest BCUT2D eigenvalue weighted by Gasteiger charge is -2.43. The Bertz CT molecular complexity index is 1770. The number of carbonyl (C=O) groups excluding carboxylic acids is 1. The molecule has 0 bridgehead atoms. The van der Waals surface area contributed by atoms with Gasteiger partial charge < -0.3 is 15.0 Å². The van der Waals surface area contributed by atoms with Gasteiger partial charge in [0.2, 0.25) is 0 Å². The normalized spacial score (nSPS) is 15.6. The van der Waals surface area contributed by atoms with Crippen molar-refractivity contribution in [2.75, 3.05) is 17.9 Å². The van der Waals surface area contributed by atoms with Crippen LogP contribution in [0.25, 0.3) is 0 Å². The number of rotatable bonds is 10. The number of amides is 1. The molecule has 2 N–H and O–H groups in total. The molecule has 0 spiro atoms. The van der Waals surface area contributed by atoms with Crippen LogP contribution in [-0.4, -0.2) is 31.9 Å². The third kappa shape index (κ3) is 7.71. The van der Waals surface area contributed by atoms with E-state index in [1.807, 2.05) is 55.6 Å². The number of hydrogen-bond donors (Lipinski definition) is 2. The minimum atomic E-state index is -4.50. The molecule has 3 aromatic rings. The van der Waals surface area contributed by atoms with Crippen LogP contribution in [0.3, 0.4) is 0 Å². The van der Waals surface area contributed by atoms with Crippen molar-refractivity contribution in [1.82, 2.24) is 5.32 Å². The fourth-order valence-corrected chi connectivity index (χ4v) is 6.81. The van der Waals surface area contributed by atoms with E-state index in [4.69, 9.17) is 20.9 Å². The molecule has 240 valence electrons. The fraction of sp³-hybridized carbons (Fsp3) is 0.303. The van der Waals surface area contributed by atoms with Crippen molar-refractivity contribution in [3.8, 4) is 5.75 Å². The second-order valence-electron chi connectivity index (χ2n) is 11.4.